The van der Waals surface area contributed by atoms with Crippen LogP contribution in [0.25, 0.3) is 0 Å². The minimum Gasteiger partial charge on any atom is -0.377 e. The van der Waals surface area contributed by atoms with E-state index in [1.807, 2.05) is 0 Å². The molecule has 2 saturated heterocycles. The van der Waals surface area contributed by atoms with Crippen LogP contribution in [0.1, 0.15) is 0 Å². The van der Waals surface area contributed by atoms with Crippen molar-refractivity contribution >= 4 is 0 Å². The molecule has 2 rings (SSSR count). The summed E-state index contributed by atoms with van der Waals surface area (Å²) in [5.74, 6) is 0. The Kier molecular flexibility index (Phi) is 90.7. The molecule has 0 amide bonds. The third-order valence-electron chi connectivity index (χ3n) is 1.49. The number of hydrogen-bond donors (Lipinski definition) is 0. The van der Waals surface area contributed by atoms with E-state index in [9.17, 15) is 0 Å². The van der Waals surface area contributed by atoms with Gasteiger partial charge in [0.15, 0.2) is 0 Å². The van der Waals surface area contributed by atoms with Gasteiger partial charge >= 0.3 is 18.9 Å². The topological polar surface area (TPSA) is 36.9 Å². The Hall–Kier alpha value is 1.63. The Labute approximate surface area is 206 Å². The molecule has 0 aromatic rings. The SMILES string of the molecule is C1COCCO1.C1COCCO1.[CH2][CH][CH2].[CH2][CH][CH2].[CH2][CH][CH2].[CH2][CH][CH2].[La].[Li+]. The summed E-state index contributed by atoms with van der Waals surface area (Å²) in [5.41, 5.74) is 0. The van der Waals surface area contributed by atoms with Crippen molar-refractivity contribution in [1.29, 1.82) is 0 Å². The molecule has 0 aromatic carbocycles. The third-order valence-corrected chi connectivity index (χ3v) is 1.49. The standard InChI is InChI=1S/2C4H8O2.4C3H5.La.Li/c2*1-2-6-4-3-5-1;4*1-3-2;;/h2*1-4H2;4*3H,1-2H2;;/q;;;;;;;+1. The molecule has 0 aromatic heterocycles. The van der Waals surface area contributed by atoms with Crippen molar-refractivity contribution in [1.82, 2.24) is 0 Å². The van der Waals surface area contributed by atoms with E-state index in [1.54, 1.807) is 0 Å². The minimum atomic E-state index is 0. The molecule has 0 atom stereocenters. The molecule has 2 aliphatic rings. The van der Waals surface area contributed by atoms with Gasteiger partial charge in [0.1, 0.15) is 0 Å². The van der Waals surface area contributed by atoms with Crippen LogP contribution in [-0.4, -0.2) is 52.9 Å². The van der Waals surface area contributed by atoms with Gasteiger partial charge < -0.3 is 18.9 Å². The second kappa shape index (κ2) is 56.3. The number of ether oxygens (including phenoxy) is 4. The van der Waals surface area contributed by atoms with E-state index < -0.39 is 0 Å². The smallest absolute Gasteiger partial charge is 0.377 e. The molecule has 4 nitrogen and oxygen atoms in total. The van der Waals surface area contributed by atoms with Crippen molar-refractivity contribution < 1.29 is 73.4 Å². The molecule has 0 saturated carbocycles. The molecule has 0 N–H and O–H groups in total. The van der Waals surface area contributed by atoms with Gasteiger partial charge in [-0.1, -0.05) is 0 Å². The maximum atomic E-state index is 4.94. The Morgan fingerprint density at radius 2 is 0.462 bits per heavy atom. The summed E-state index contributed by atoms with van der Waals surface area (Å²) < 4.78 is 19.8. The largest absolute Gasteiger partial charge is 1.00 e. The van der Waals surface area contributed by atoms with Crippen LogP contribution in [0.2, 0.25) is 0 Å². The van der Waals surface area contributed by atoms with E-state index in [1.165, 1.54) is 25.7 Å². The van der Waals surface area contributed by atoms with Crippen LogP contribution in [-0.2, 0) is 18.9 Å². The van der Waals surface area contributed by atoms with E-state index in [2.05, 4.69) is 55.4 Å². The van der Waals surface area contributed by atoms with Crippen LogP contribution in [0, 0.1) is 117 Å². The first-order chi connectivity index (χ1) is 11.7. The Bertz CT molecular complexity index is 105. The molecule has 2 fully saturated rings. The van der Waals surface area contributed by atoms with Gasteiger partial charge in [-0.2, -0.15) is 0 Å². The molecule has 2 heterocycles. The fraction of sp³-hybridized carbons (Fsp3) is 0.400. The summed E-state index contributed by atoms with van der Waals surface area (Å²) >= 11 is 0. The zero-order chi connectivity index (χ0) is 19.3. The van der Waals surface area contributed by atoms with Crippen molar-refractivity contribution in [3.8, 4) is 0 Å². The fourth-order valence-electron chi connectivity index (χ4n) is 0.880. The van der Waals surface area contributed by atoms with Crippen molar-refractivity contribution in [3.05, 3.63) is 81.1 Å². The van der Waals surface area contributed by atoms with Crippen molar-refractivity contribution in [2.75, 3.05) is 52.9 Å². The summed E-state index contributed by atoms with van der Waals surface area (Å²) in [7, 11) is 0. The van der Waals surface area contributed by atoms with Gasteiger partial charge in [0.25, 0.3) is 0 Å². The van der Waals surface area contributed by atoms with E-state index in [4.69, 9.17) is 18.9 Å². The van der Waals surface area contributed by atoms with Crippen molar-refractivity contribution in [3.63, 3.8) is 0 Å². The summed E-state index contributed by atoms with van der Waals surface area (Å²) in [4.78, 5) is 0. The van der Waals surface area contributed by atoms with Gasteiger partial charge in [-0.25, -0.2) is 0 Å². The average molecular weight is 486 g/mol. The van der Waals surface area contributed by atoms with E-state index in [0.29, 0.717) is 0 Å². The summed E-state index contributed by atoms with van der Waals surface area (Å²) in [5, 5.41) is 0. The molecular weight excluding hydrogens is 450 g/mol. The predicted molar refractivity (Wildman–Crippen MR) is 103 cm³/mol. The third kappa shape index (κ3) is 83.7. The maximum absolute atomic E-state index is 4.94. The molecule has 0 bridgehead atoms. The van der Waals surface area contributed by atoms with Crippen LogP contribution >= 0.6 is 0 Å². The molecule has 0 aliphatic carbocycles. The van der Waals surface area contributed by atoms with Gasteiger partial charge in [0.05, 0.1) is 52.9 Å². The van der Waals surface area contributed by atoms with E-state index in [-0.39, 0.29) is 54.5 Å². The van der Waals surface area contributed by atoms with Crippen molar-refractivity contribution in [2.45, 2.75) is 0 Å². The molecule has 2 aliphatic heterocycles. The van der Waals surface area contributed by atoms with Gasteiger partial charge in [0, 0.05) is 35.6 Å². The molecule has 13 radical (unpaired) electrons. The van der Waals surface area contributed by atoms with Gasteiger partial charge in [-0.05, 0) is 81.1 Å². The quantitative estimate of drug-likeness (QED) is 0.468. The molecule has 0 spiro atoms. The van der Waals surface area contributed by atoms with Crippen molar-refractivity contribution in [2.24, 2.45) is 0 Å². The zero-order valence-electron chi connectivity index (χ0n) is 16.8. The monoisotopic (exact) mass is 486 g/mol. The predicted octanol–water partition coefficient (Wildman–Crippen LogP) is 0.506. The van der Waals surface area contributed by atoms with Crippen LogP contribution in [0.5, 0.6) is 0 Å². The number of rotatable bonds is 0. The molecular formula is C20H36LaLiO4+. The molecule has 0 unspecified atom stereocenters. The normalized spacial score (nSPS) is 13.8. The first-order valence-corrected chi connectivity index (χ1v) is 7.58. The van der Waals surface area contributed by atoms with Gasteiger partial charge in [0.2, 0.25) is 0 Å². The Balaban J connectivity index is -0.0000000474. The second-order valence-corrected chi connectivity index (χ2v) is 3.60. The van der Waals surface area contributed by atoms with Crippen LogP contribution in [0.3, 0.4) is 0 Å². The summed E-state index contributed by atoms with van der Waals surface area (Å²) in [6.07, 6.45) is 6.00. The zero-order valence-corrected chi connectivity index (χ0v) is 20.5. The number of hydrogen-bond acceptors (Lipinski definition) is 4. The fourth-order valence-corrected chi connectivity index (χ4v) is 0.880. The van der Waals surface area contributed by atoms with E-state index >= 15 is 0 Å². The maximum Gasteiger partial charge on any atom is 1.00 e. The van der Waals surface area contributed by atoms with Crippen LogP contribution in [0.15, 0.2) is 0 Å². The molecule has 6 heteroatoms. The summed E-state index contributed by atoms with van der Waals surface area (Å²) in [6, 6.07) is 0. The Morgan fingerprint density at radius 3 is 0.500 bits per heavy atom. The van der Waals surface area contributed by atoms with Crippen LogP contribution in [0.4, 0.5) is 0 Å². The first-order valence-electron chi connectivity index (χ1n) is 7.58. The van der Waals surface area contributed by atoms with E-state index in [0.717, 1.165) is 52.9 Å². The molecule has 143 valence electrons. The minimum absolute atomic E-state index is 0. The molecule has 26 heavy (non-hydrogen) atoms. The summed E-state index contributed by atoms with van der Waals surface area (Å²) in [6.45, 7) is 32.2. The Morgan fingerprint density at radius 1 is 0.385 bits per heavy atom. The van der Waals surface area contributed by atoms with Gasteiger partial charge in [-0.15, -0.1) is 0 Å². The average Bonchev–Trinajstić information content (AvgIpc) is 2.61. The second-order valence-electron chi connectivity index (χ2n) is 3.60. The van der Waals surface area contributed by atoms with Crippen LogP contribution < -0.4 is 18.9 Å². The first kappa shape index (κ1) is 41.9. The van der Waals surface area contributed by atoms with Gasteiger partial charge in [-0.3, -0.25) is 0 Å².